The van der Waals surface area contributed by atoms with Gasteiger partial charge >= 0.3 is 6.03 Å². The van der Waals surface area contributed by atoms with Gasteiger partial charge in [-0.2, -0.15) is 0 Å². The molecule has 3 aliphatic rings. The fourth-order valence-electron chi connectivity index (χ4n) is 5.63. The molecule has 1 aromatic heterocycles. The van der Waals surface area contributed by atoms with Gasteiger partial charge in [-0.15, -0.1) is 6.58 Å². The molecule has 0 spiro atoms. The third-order valence-electron chi connectivity index (χ3n) is 7.49. The van der Waals surface area contributed by atoms with Crippen LogP contribution in [0, 0.1) is 11.8 Å². The van der Waals surface area contributed by atoms with Crippen LogP contribution in [0.2, 0.25) is 0 Å². The van der Waals surface area contributed by atoms with Crippen molar-refractivity contribution in [1.29, 1.82) is 0 Å². The molecule has 182 valence electrons. The van der Waals surface area contributed by atoms with Gasteiger partial charge in [-0.25, -0.2) is 4.79 Å². The number of anilines is 1. The molecule has 0 radical (unpaired) electrons. The monoisotopic (exact) mass is 472 g/mol. The van der Waals surface area contributed by atoms with Gasteiger partial charge in [-0.05, 0) is 85.3 Å². The van der Waals surface area contributed by atoms with Crippen molar-refractivity contribution in [3.63, 3.8) is 0 Å². The molecule has 3 fully saturated rings. The maximum atomic E-state index is 13.3. The molecular weight excluding hydrogens is 440 g/mol. The highest BCUT2D eigenvalue weighted by atomic mass is 16.5. The maximum Gasteiger partial charge on any atom is 0.319 e. The molecule has 2 N–H and O–H groups in total. The number of hydrogen-bond acceptors (Lipinski definition) is 5. The van der Waals surface area contributed by atoms with Crippen molar-refractivity contribution in [2.45, 2.75) is 24.9 Å². The van der Waals surface area contributed by atoms with E-state index in [1.165, 1.54) is 6.42 Å². The van der Waals surface area contributed by atoms with Crippen LogP contribution in [0.1, 0.15) is 24.4 Å². The smallest absolute Gasteiger partial charge is 0.319 e. The topological polar surface area (TPSA) is 75.7 Å². The van der Waals surface area contributed by atoms with Crippen molar-refractivity contribution >= 4 is 22.6 Å². The first-order valence-corrected chi connectivity index (χ1v) is 12.1. The molecule has 3 aromatic rings. The Morgan fingerprint density at radius 2 is 1.91 bits per heavy atom. The molecule has 3 aliphatic heterocycles. The quantitative estimate of drug-likeness (QED) is 0.473. The molecule has 2 amide bonds. The first kappa shape index (κ1) is 23.2. The second-order valence-electron chi connectivity index (χ2n) is 9.33. The van der Waals surface area contributed by atoms with E-state index >= 15 is 0 Å². The Balaban J connectivity index is 1.48. The number of aromatic nitrogens is 1. The van der Waals surface area contributed by atoms with Crippen molar-refractivity contribution in [1.82, 2.24) is 15.2 Å². The number of piperidine rings is 3. The van der Waals surface area contributed by atoms with Crippen LogP contribution in [0.4, 0.5) is 10.5 Å². The Morgan fingerprint density at radius 3 is 2.60 bits per heavy atom. The van der Waals surface area contributed by atoms with Gasteiger partial charge in [-0.3, -0.25) is 9.88 Å². The summed E-state index contributed by atoms with van der Waals surface area (Å²) in [4.78, 5) is 20.3. The van der Waals surface area contributed by atoms with E-state index < -0.39 is 0 Å². The molecule has 4 heterocycles. The number of carbonyl (C=O) groups excluding carboxylic acids is 1. The van der Waals surface area contributed by atoms with E-state index in [1.54, 1.807) is 14.2 Å². The summed E-state index contributed by atoms with van der Waals surface area (Å²) in [5.41, 5.74) is 2.64. The second-order valence-corrected chi connectivity index (χ2v) is 9.33. The van der Waals surface area contributed by atoms with Crippen LogP contribution < -0.4 is 20.1 Å². The van der Waals surface area contributed by atoms with Crippen LogP contribution in [0.15, 0.2) is 67.4 Å². The standard InChI is InChI=1S/C28H32N4O3/c1-4-18-17-32-14-12-19(18)15-26(32)27(31-28(33)30-20-5-7-21(34-2)8-6-20)23-11-13-29-25-10-9-22(35-3)16-24(23)25/h4-11,13,16,18-19,26-27H,1,12,14-15,17H2,2-3H3,(H2,30,31,33)/t18?,19?,26?,27-/m0/s1. The third kappa shape index (κ3) is 4.68. The van der Waals surface area contributed by atoms with E-state index in [2.05, 4.69) is 33.2 Å². The summed E-state index contributed by atoms with van der Waals surface area (Å²) < 4.78 is 10.7. The number of amides is 2. The zero-order chi connectivity index (χ0) is 24.4. The summed E-state index contributed by atoms with van der Waals surface area (Å²) in [7, 11) is 3.29. The number of pyridine rings is 1. The SMILES string of the molecule is C=CC1CN2CCC1CC2[C@@H](NC(=O)Nc1ccc(OC)cc1)c1ccnc2ccc(OC)cc12. The normalized spacial score (nSPS) is 23.9. The Labute approximate surface area is 206 Å². The van der Waals surface area contributed by atoms with Gasteiger partial charge < -0.3 is 20.1 Å². The molecule has 0 saturated carbocycles. The Morgan fingerprint density at radius 1 is 1.14 bits per heavy atom. The predicted molar refractivity (Wildman–Crippen MR) is 138 cm³/mol. The highest BCUT2D eigenvalue weighted by Crippen LogP contribution is 2.42. The van der Waals surface area contributed by atoms with Crippen molar-refractivity contribution in [3.8, 4) is 11.5 Å². The van der Waals surface area contributed by atoms with Gasteiger partial charge in [0.25, 0.3) is 0 Å². The minimum absolute atomic E-state index is 0.184. The predicted octanol–water partition coefficient (Wildman–Crippen LogP) is 5.01. The van der Waals surface area contributed by atoms with E-state index in [9.17, 15) is 4.79 Å². The molecule has 7 nitrogen and oxygen atoms in total. The Bertz CT molecular complexity index is 1210. The first-order chi connectivity index (χ1) is 17.1. The van der Waals surface area contributed by atoms with Crippen LogP contribution in [-0.4, -0.2) is 49.3 Å². The van der Waals surface area contributed by atoms with Gasteiger partial charge in [0, 0.05) is 29.9 Å². The number of rotatable bonds is 7. The molecule has 5 atom stereocenters. The first-order valence-electron chi connectivity index (χ1n) is 12.1. The summed E-state index contributed by atoms with van der Waals surface area (Å²) in [5, 5.41) is 7.29. The Hall–Kier alpha value is -3.58. The molecule has 0 aliphatic carbocycles. The lowest BCUT2D eigenvalue weighted by molar-refractivity contribution is 0.00340. The van der Waals surface area contributed by atoms with Crippen molar-refractivity contribution < 1.29 is 14.3 Å². The number of urea groups is 1. The van der Waals surface area contributed by atoms with Gasteiger partial charge in [0.1, 0.15) is 11.5 Å². The number of benzene rings is 2. The molecule has 6 rings (SSSR count). The maximum absolute atomic E-state index is 13.3. The van der Waals surface area contributed by atoms with Crippen LogP contribution >= 0.6 is 0 Å². The van der Waals surface area contributed by atoms with Crippen LogP contribution in [0.25, 0.3) is 10.9 Å². The van der Waals surface area contributed by atoms with Gasteiger partial charge in [0.2, 0.25) is 0 Å². The second kappa shape index (κ2) is 9.96. The molecule has 35 heavy (non-hydrogen) atoms. The van der Waals surface area contributed by atoms with Crippen LogP contribution in [0.3, 0.4) is 0 Å². The number of nitrogens with zero attached hydrogens (tertiary/aromatic N) is 2. The molecule has 2 bridgehead atoms. The summed E-state index contributed by atoms with van der Waals surface area (Å²) >= 11 is 0. The van der Waals surface area contributed by atoms with Gasteiger partial charge in [0.15, 0.2) is 0 Å². The number of carbonyl (C=O) groups is 1. The average Bonchev–Trinajstić information content (AvgIpc) is 2.91. The number of nitrogens with one attached hydrogen (secondary N) is 2. The highest BCUT2D eigenvalue weighted by molar-refractivity contribution is 5.91. The molecular formula is C28H32N4O3. The molecule has 3 saturated heterocycles. The summed E-state index contributed by atoms with van der Waals surface area (Å²) in [6.45, 7) is 6.07. The third-order valence-corrected chi connectivity index (χ3v) is 7.49. The number of hydrogen-bond donors (Lipinski definition) is 2. The van der Waals surface area contributed by atoms with E-state index in [0.717, 1.165) is 47.5 Å². The van der Waals surface area contributed by atoms with Crippen LogP contribution in [0.5, 0.6) is 11.5 Å². The molecule has 2 aromatic carbocycles. The number of methoxy groups -OCH3 is 2. The number of fused-ring (bicyclic) bond motifs is 4. The fraction of sp³-hybridized carbons (Fsp3) is 0.357. The molecule has 7 heteroatoms. The minimum atomic E-state index is -0.240. The largest absolute Gasteiger partial charge is 0.497 e. The molecule has 4 unspecified atom stereocenters. The summed E-state index contributed by atoms with van der Waals surface area (Å²) in [6, 6.07) is 15.0. The zero-order valence-electron chi connectivity index (χ0n) is 20.2. The minimum Gasteiger partial charge on any atom is -0.497 e. The van der Waals surface area contributed by atoms with Crippen molar-refractivity contribution in [2.24, 2.45) is 11.8 Å². The van der Waals surface area contributed by atoms with E-state index in [1.807, 2.05) is 54.7 Å². The fourth-order valence-corrected chi connectivity index (χ4v) is 5.63. The van der Waals surface area contributed by atoms with E-state index in [4.69, 9.17) is 9.47 Å². The number of ether oxygens (including phenoxy) is 2. The van der Waals surface area contributed by atoms with Crippen molar-refractivity contribution in [2.75, 3.05) is 32.6 Å². The summed E-state index contributed by atoms with van der Waals surface area (Å²) in [5.74, 6) is 2.60. The lowest BCUT2D eigenvalue weighted by Crippen LogP contribution is -2.57. The van der Waals surface area contributed by atoms with Gasteiger partial charge in [-0.1, -0.05) is 6.08 Å². The zero-order valence-corrected chi connectivity index (χ0v) is 20.2. The van der Waals surface area contributed by atoms with E-state index in [0.29, 0.717) is 17.5 Å². The lowest BCUT2D eigenvalue weighted by Gasteiger charge is -2.51. The van der Waals surface area contributed by atoms with Crippen molar-refractivity contribution in [3.05, 3.63) is 72.9 Å². The van der Waals surface area contributed by atoms with E-state index in [-0.39, 0.29) is 18.1 Å². The average molecular weight is 473 g/mol. The van der Waals surface area contributed by atoms with Gasteiger partial charge in [0.05, 0.1) is 25.8 Å². The highest BCUT2D eigenvalue weighted by Gasteiger charge is 2.43. The lowest BCUT2D eigenvalue weighted by atomic mass is 9.73. The van der Waals surface area contributed by atoms with Crippen LogP contribution in [-0.2, 0) is 0 Å². The summed E-state index contributed by atoms with van der Waals surface area (Å²) in [6.07, 6.45) is 6.10. The Kier molecular flexibility index (Phi) is 6.59.